The number of hydrogen-bond acceptors (Lipinski definition) is 4. The number of carbonyl (C=O) groups is 2. The molecule has 0 bridgehead atoms. The van der Waals surface area contributed by atoms with Crippen LogP contribution in [0.1, 0.15) is 27.7 Å². The van der Waals surface area contributed by atoms with Crippen LogP contribution in [-0.4, -0.2) is 64.9 Å². The fraction of sp³-hybridized carbons (Fsp3) is 0.588. The smallest absolute Gasteiger partial charge is 0.242 e. The van der Waals surface area contributed by atoms with Crippen LogP contribution in [0.3, 0.4) is 0 Å². The van der Waals surface area contributed by atoms with Gasteiger partial charge in [-0.2, -0.15) is 0 Å². The maximum atomic E-state index is 12.5. The van der Waals surface area contributed by atoms with Crippen molar-refractivity contribution in [2.45, 2.75) is 33.2 Å². The van der Waals surface area contributed by atoms with Crippen LogP contribution in [0.5, 0.6) is 0 Å². The van der Waals surface area contributed by atoms with Gasteiger partial charge >= 0.3 is 0 Å². The van der Waals surface area contributed by atoms with Gasteiger partial charge in [-0.15, -0.1) is 0 Å². The lowest BCUT2D eigenvalue weighted by Crippen LogP contribution is -2.54. The Morgan fingerprint density at radius 2 is 1.83 bits per heavy atom. The van der Waals surface area contributed by atoms with Crippen LogP contribution >= 0.6 is 0 Å². The Bertz CT molecular complexity index is 545. The molecule has 0 atom stereocenters. The van der Waals surface area contributed by atoms with Crippen LogP contribution in [0.2, 0.25) is 0 Å². The molecule has 0 saturated carbocycles. The topological polar surface area (TPSA) is 56.8 Å². The minimum Gasteiger partial charge on any atom is -0.353 e. The highest BCUT2D eigenvalue weighted by molar-refractivity contribution is 5.84. The van der Waals surface area contributed by atoms with Gasteiger partial charge in [0.15, 0.2) is 0 Å². The number of pyridine rings is 1. The van der Waals surface area contributed by atoms with Gasteiger partial charge in [0.1, 0.15) is 12.4 Å². The minimum absolute atomic E-state index is 0.01000. The third-order valence-electron chi connectivity index (χ3n) is 4.09. The van der Waals surface area contributed by atoms with Crippen molar-refractivity contribution in [1.82, 2.24) is 14.8 Å². The van der Waals surface area contributed by atoms with E-state index in [9.17, 15) is 9.59 Å². The number of amides is 2. The van der Waals surface area contributed by atoms with Gasteiger partial charge in [0, 0.05) is 44.8 Å². The van der Waals surface area contributed by atoms with Gasteiger partial charge in [0.2, 0.25) is 11.8 Å². The quantitative estimate of drug-likeness (QED) is 0.845. The van der Waals surface area contributed by atoms with Gasteiger partial charge in [0.05, 0.1) is 0 Å². The van der Waals surface area contributed by atoms with E-state index in [2.05, 4.69) is 9.88 Å². The average Bonchev–Trinajstić information content (AvgIpc) is 2.52. The lowest BCUT2D eigenvalue weighted by atomic mass is 10.1. The summed E-state index contributed by atoms with van der Waals surface area (Å²) < 4.78 is 0. The van der Waals surface area contributed by atoms with Gasteiger partial charge in [-0.05, 0) is 32.9 Å². The summed E-state index contributed by atoms with van der Waals surface area (Å²) in [5, 5.41) is 0. The molecular weight excluding hydrogens is 292 g/mol. The fourth-order valence-corrected chi connectivity index (χ4v) is 2.78. The van der Waals surface area contributed by atoms with Crippen molar-refractivity contribution in [3.05, 3.63) is 24.4 Å². The van der Waals surface area contributed by atoms with Gasteiger partial charge in [-0.1, -0.05) is 6.07 Å². The summed E-state index contributed by atoms with van der Waals surface area (Å²) in [5.74, 6) is 0.883. The lowest BCUT2D eigenvalue weighted by Gasteiger charge is -2.39. The Kier molecular flexibility index (Phi) is 5.23. The molecule has 1 aliphatic heterocycles. The zero-order valence-electron chi connectivity index (χ0n) is 14.5. The normalized spacial score (nSPS) is 15.5. The standard InChI is InChI=1S/C17H26N4O2/c1-14(22)21(17(2,3)4)13-16(23)20-11-9-19(10-12-20)15-7-5-6-8-18-15/h5-8H,9-13H2,1-4H3. The first kappa shape index (κ1) is 17.2. The molecule has 2 rings (SSSR count). The number of aromatic nitrogens is 1. The number of nitrogens with zero attached hydrogens (tertiary/aromatic N) is 4. The van der Waals surface area contributed by atoms with Crippen molar-refractivity contribution in [3.63, 3.8) is 0 Å². The molecule has 1 aliphatic rings. The van der Waals surface area contributed by atoms with Crippen LogP contribution in [0, 0.1) is 0 Å². The summed E-state index contributed by atoms with van der Waals surface area (Å²) >= 11 is 0. The number of piperazine rings is 1. The number of carbonyl (C=O) groups excluding carboxylic acids is 2. The zero-order valence-corrected chi connectivity index (χ0v) is 14.5. The molecule has 0 radical (unpaired) electrons. The van der Waals surface area contributed by atoms with E-state index in [1.807, 2.05) is 43.9 Å². The maximum Gasteiger partial charge on any atom is 0.242 e. The molecule has 0 spiro atoms. The van der Waals surface area contributed by atoms with E-state index in [0.29, 0.717) is 13.1 Å². The van der Waals surface area contributed by atoms with E-state index in [4.69, 9.17) is 0 Å². The Hall–Kier alpha value is -2.11. The van der Waals surface area contributed by atoms with Crippen LogP contribution in [0.25, 0.3) is 0 Å². The second kappa shape index (κ2) is 6.98. The van der Waals surface area contributed by atoms with E-state index in [1.165, 1.54) is 6.92 Å². The molecule has 1 aromatic rings. The second-order valence-corrected chi connectivity index (χ2v) is 6.83. The fourth-order valence-electron chi connectivity index (χ4n) is 2.78. The molecule has 0 N–H and O–H groups in total. The average molecular weight is 318 g/mol. The van der Waals surface area contributed by atoms with Crippen molar-refractivity contribution in [1.29, 1.82) is 0 Å². The highest BCUT2D eigenvalue weighted by Gasteiger charge is 2.29. The SMILES string of the molecule is CC(=O)N(CC(=O)N1CCN(c2ccccn2)CC1)C(C)(C)C. The molecule has 0 aliphatic carbocycles. The van der Waals surface area contributed by atoms with Crippen molar-refractivity contribution < 1.29 is 9.59 Å². The summed E-state index contributed by atoms with van der Waals surface area (Å²) in [6, 6.07) is 5.84. The van der Waals surface area contributed by atoms with Crippen LogP contribution in [-0.2, 0) is 9.59 Å². The minimum atomic E-state index is -0.350. The second-order valence-electron chi connectivity index (χ2n) is 6.83. The molecule has 2 heterocycles. The first-order chi connectivity index (χ1) is 10.8. The summed E-state index contributed by atoms with van der Waals surface area (Å²) in [6.07, 6.45) is 1.78. The van der Waals surface area contributed by atoms with Gasteiger partial charge in [0.25, 0.3) is 0 Å². The van der Waals surface area contributed by atoms with Gasteiger partial charge < -0.3 is 14.7 Å². The first-order valence-electron chi connectivity index (χ1n) is 8.01. The van der Waals surface area contributed by atoms with E-state index in [0.717, 1.165) is 18.9 Å². The molecule has 2 amide bonds. The van der Waals surface area contributed by atoms with Crippen molar-refractivity contribution in [3.8, 4) is 0 Å². The van der Waals surface area contributed by atoms with Crippen molar-refractivity contribution >= 4 is 17.6 Å². The van der Waals surface area contributed by atoms with Gasteiger partial charge in [-0.25, -0.2) is 4.98 Å². The van der Waals surface area contributed by atoms with E-state index < -0.39 is 0 Å². The Morgan fingerprint density at radius 1 is 1.17 bits per heavy atom. The van der Waals surface area contributed by atoms with Crippen LogP contribution in [0.4, 0.5) is 5.82 Å². The maximum absolute atomic E-state index is 12.5. The molecule has 0 unspecified atom stereocenters. The summed E-state index contributed by atoms with van der Waals surface area (Å²) in [7, 11) is 0. The molecule has 1 fully saturated rings. The molecule has 1 saturated heterocycles. The van der Waals surface area contributed by atoms with E-state index >= 15 is 0 Å². The number of hydrogen-bond donors (Lipinski definition) is 0. The summed E-state index contributed by atoms with van der Waals surface area (Å²) in [4.78, 5) is 34.3. The van der Waals surface area contributed by atoms with E-state index in [1.54, 1.807) is 11.1 Å². The molecular formula is C17H26N4O2. The molecule has 6 nitrogen and oxygen atoms in total. The van der Waals surface area contributed by atoms with Crippen molar-refractivity contribution in [2.75, 3.05) is 37.6 Å². The summed E-state index contributed by atoms with van der Waals surface area (Å²) in [6.45, 7) is 10.3. The Labute approximate surface area is 138 Å². The largest absolute Gasteiger partial charge is 0.353 e. The van der Waals surface area contributed by atoms with Crippen LogP contribution in [0.15, 0.2) is 24.4 Å². The highest BCUT2D eigenvalue weighted by atomic mass is 16.2. The predicted molar refractivity (Wildman–Crippen MR) is 90.2 cm³/mol. The van der Waals surface area contributed by atoms with Gasteiger partial charge in [-0.3, -0.25) is 9.59 Å². The monoisotopic (exact) mass is 318 g/mol. The predicted octanol–water partition coefficient (Wildman–Crippen LogP) is 1.38. The zero-order chi connectivity index (χ0) is 17.0. The molecule has 126 valence electrons. The number of anilines is 1. The molecule has 23 heavy (non-hydrogen) atoms. The van der Waals surface area contributed by atoms with Crippen molar-refractivity contribution in [2.24, 2.45) is 0 Å². The Balaban J connectivity index is 1.92. The molecule has 0 aromatic carbocycles. The van der Waals surface area contributed by atoms with E-state index in [-0.39, 0.29) is 23.9 Å². The highest BCUT2D eigenvalue weighted by Crippen LogP contribution is 2.16. The Morgan fingerprint density at radius 3 is 2.30 bits per heavy atom. The first-order valence-corrected chi connectivity index (χ1v) is 8.01. The third-order valence-corrected chi connectivity index (χ3v) is 4.09. The van der Waals surface area contributed by atoms with Crippen LogP contribution < -0.4 is 4.90 Å². The third kappa shape index (κ3) is 4.43. The number of rotatable bonds is 3. The summed E-state index contributed by atoms with van der Waals surface area (Å²) in [5.41, 5.74) is -0.350. The molecule has 1 aromatic heterocycles. The lowest BCUT2D eigenvalue weighted by molar-refractivity contribution is -0.143. The molecule has 6 heteroatoms.